The number of benzene rings is 1. The number of hydrogen-bond donors (Lipinski definition) is 2. The van der Waals surface area contributed by atoms with Crippen molar-refractivity contribution >= 4 is 11.6 Å². The fraction of sp³-hybridized carbons (Fsp3) is 0.200. The van der Waals surface area contributed by atoms with Crippen molar-refractivity contribution in [3.63, 3.8) is 0 Å². The highest BCUT2D eigenvalue weighted by Crippen LogP contribution is 2.11. The van der Waals surface area contributed by atoms with Crippen LogP contribution in [0.3, 0.4) is 0 Å². The number of amides is 1. The number of nitrogens with one attached hydrogen (secondary N) is 2. The standard InChI is InChI=1S/C15H17N3O2/c1-18(2)10-11-3-5-13(6-4-11)17-15(20)12-7-8-16-14(19)9-12/h3-9H,10H2,1-2H3,(H,16,19)(H,17,20). The van der Waals surface area contributed by atoms with Gasteiger partial charge in [-0.3, -0.25) is 9.59 Å². The summed E-state index contributed by atoms with van der Waals surface area (Å²) in [5.74, 6) is -0.295. The molecule has 0 aliphatic heterocycles. The molecule has 2 rings (SSSR count). The van der Waals surface area contributed by atoms with Crippen LogP contribution in [0.5, 0.6) is 0 Å². The van der Waals surface area contributed by atoms with Crippen LogP contribution in [-0.2, 0) is 6.54 Å². The van der Waals surface area contributed by atoms with Crippen LogP contribution in [0.25, 0.3) is 0 Å². The summed E-state index contributed by atoms with van der Waals surface area (Å²) in [4.78, 5) is 27.7. The Bertz CT molecular complexity index is 645. The molecule has 1 heterocycles. The summed E-state index contributed by atoms with van der Waals surface area (Å²) < 4.78 is 0. The van der Waals surface area contributed by atoms with Crippen LogP contribution in [-0.4, -0.2) is 29.9 Å². The molecule has 1 aromatic heterocycles. The fourth-order valence-electron chi connectivity index (χ4n) is 1.85. The molecule has 0 radical (unpaired) electrons. The summed E-state index contributed by atoms with van der Waals surface area (Å²) >= 11 is 0. The molecule has 0 saturated heterocycles. The summed E-state index contributed by atoms with van der Waals surface area (Å²) in [7, 11) is 4.01. The van der Waals surface area contributed by atoms with Gasteiger partial charge in [0.2, 0.25) is 5.56 Å². The average molecular weight is 271 g/mol. The molecule has 0 aliphatic rings. The maximum atomic E-state index is 12.0. The molecular weight excluding hydrogens is 254 g/mol. The SMILES string of the molecule is CN(C)Cc1ccc(NC(=O)c2cc[nH]c(=O)c2)cc1. The highest BCUT2D eigenvalue weighted by Gasteiger charge is 2.06. The first kappa shape index (κ1) is 14.0. The molecule has 20 heavy (non-hydrogen) atoms. The predicted molar refractivity (Wildman–Crippen MR) is 78.8 cm³/mol. The van der Waals surface area contributed by atoms with Crippen molar-refractivity contribution in [2.24, 2.45) is 0 Å². The van der Waals surface area contributed by atoms with E-state index in [4.69, 9.17) is 0 Å². The van der Waals surface area contributed by atoms with Gasteiger partial charge in [0.1, 0.15) is 0 Å². The van der Waals surface area contributed by atoms with Gasteiger partial charge in [-0.05, 0) is 37.9 Å². The van der Waals surface area contributed by atoms with Crippen molar-refractivity contribution < 1.29 is 4.79 Å². The molecule has 5 heteroatoms. The van der Waals surface area contributed by atoms with Crippen molar-refractivity contribution in [1.82, 2.24) is 9.88 Å². The van der Waals surface area contributed by atoms with Crippen molar-refractivity contribution in [2.45, 2.75) is 6.54 Å². The second-order valence-electron chi connectivity index (χ2n) is 4.83. The molecule has 2 aromatic rings. The van der Waals surface area contributed by atoms with Crippen LogP contribution in [0.4, 0.5) is 5.69 Å². The van der Waals surface area contributed by atoms with Gasteiger partial charge in [0.15, 0.2) is 0 Å². The lowest BCUT2D eigenvalue weighted by molar-refractivity contribution is 0.102. The summed E-state index contributed by atoms with van der Waals surface area (Å²) in [6, 6.07) is 10.5. The molecule has 0 saturated carbocycles. The second kappa shape index (κ2) is 6.16. The van der Waals surface area contributed by atoms with Gasteiger partial charge in [0, 0.05) is 30.1 Å². The number of hydrogen-bond acceptors (Lipinski definition) is 3. The summed E-state index contributed by atoms with van der Waals surface area (Å²) in [6.07, 6.45) is 1.46. The van der Waals surface area contributed by atoms with E-state index in [9.17, 15) is 9.59 Å². The monoisotopic (exact) mass is 271 g/mol. The number of aromatic nitrogens is 1. The van der Waals surface area contributed by atoms with Crippen LogP contribution in [0.2, 0.25) is 0 Å². The summed E-state index contributed by atoms with van der Waals surface area (Å²) in [5.41, 5.74) is 1.92. The van der Waals surface area contributed by atoms with Crippen LogP contribution in [0.15, 0.2) is 47.4 Å². The molecule has 0 aliphatic carbocycles. The smallest absolute Gasteiger partial charge is 0.255 e. The van der Waals surface area contributed by atoms with Crippen molar-refractivity contribution in [1.29, 1.82) is 0 Å². The van der Waals surface area contributed by atoms with Gasteiger partial charge < -0.3 is 15.2 Å². The molecule has 0 bridgehead atoms. The normalized spacial score (nSPS) is 10.6. The van der Waals surface area contributed by atoms with Gasteiger partial charge in [-0.1, -0.05) is 12.1 Å². The Morgan fingerprint density at radius 3 is 2.50 bits per heavy atom. The maximum absolute atomic E-state index is 12.0. The predicted octanol–water partition coefficient (Wildman–Crippen LogP) is 1.69. The number of nitrogens with zero attached hydrogens (tertiary/aromatic N) is 1. The fourth-order valence-corrected chi connectivity index (χ4v) is 1.85. The van der Waals surface area contributed by atoms with E-state index in [0.717, 1.165) is 6.54 Å². The Morgan fingerprint density at radius 1 is 1.20 bits per heavy atom. The van der Waals surface area contributed by atoms with Gasteiger partial charge >= 0.3 is 0 Å². The Hall–Kier alpha value is -2.40. The number of H-pyrrole nitrogens is 1. The van der Waals surface area contributed by atoms with Crippen LogP contribution in [0, 0.1) is 0 Å². The third-order valence-electron chi connectivity index (χ3n) is 2.75. The Kier molecular flexibility index (Phi) is 4.32. The first-order valence-corrected chi connectivity index (χ1v) is 6.28. The van der Waals surface area contributed by atoms with Crippen LogP contribution in [0.1, 0.15) is 15.9 Å². The summed E-state index contributed by atoms with van der Waals surface area (Å²) in [6.45, 7) is 0.849. The van der Waals surface area contributed by atoms with E-state index in [1.54, 1.807) is 6.07 Å². The zero-order valence-electron chi connectivity index (χ0n) is 11.5. The molecule has 0 unspecified atom stereocenters. The van der Waals surface area contributed by atoms with E-state index in [-0.39, 0.29) is 11.5 Å². The minimum atomic E-state index is -0.295. The minimum Gasteiger partial charge on any atom is -0.329 e. The molecule has 5 nitrogen and oxygen atoms in total. The lowest BCUT2D eigenvalue weighted by Gasteiger charge is -2.10. The Morgan fingerprint density at radius 2 is 1.90 bits per heavy atom. The Balaban J connectivity index is 2.06. The molecule has 0 fully saturated rings. The minimum absolute atomic E-state index is 0.293. The van der Waals surface area contributed by atoms with Gasteiger partial charge in [-0.15, -0.1) is 0 Å². The number of rotatable bonds is 4. The zero-order chi connectivity index (χ0) is 14.5. The number of carbonyl (C=O) groups excluding carboxylic acids is 1. The number of carbonyl (C=O) groups is 1. The second-order valence-corrected chi connectivity index (χ2v) is 4.83. The molecule has 104 valence electrons. The van der Waals surface area contributed by atoms with Gasteiger partial charge in [-0.25, -0.2) is 0 Å². The molecular formula is C15H17N3O2. The third-order valence-corrected chi connectivity index (χ3v) is 2.75. The van der Waals surface area contributed by atoms with Gasteiger partial charge in [-0.2, -0.15) is 0 Å². The highest BCUT2D eigenvalue weighted by molar-refractivity contribution is 6.04. The number of anilines is 1. The largest absolute Gasteiger partial charge is 0.329 e. The molecule has 1 amide bonds. The number of aromatic amines is 1. The molecule has 0 spiro atoms. The van der Waals surface area contributed by atoms with Crippen molar-refractivity contribution in [3.05, 3.63) is 64.1 Å². The van der Waals surface area contributed by atoms with E-state index in [1.165, 1.54) is 17.8 Å². The van der Waals surface area contributed by atoms with E-state index in [1.807, 2.05) is 38.4 Å². The molecule has 2 N–H and O–H groups in total. The molecule has 0 atom stereocenters. The third kappa shape index (κ3) is 3.80. The molecule has 1 aromatic carbocycles. The maximum Gasteiger partial charge on any atom is 0.255 e. The first-order valence-electron chi connectivity index (χ1n) is 6.28. The average Bonchev–Trinajstić information content (AvgIpc) is 2.40. The number of pyridine rings is 1. The van der Waals surface area contributed by atoms with E-state index in [0.29, 0.717) is 11.3 Å². The van der Waals surface area contributed by atoms with Crippen molar-refractivity contribution in [3.8, 4) is 0 Å². The summed E-state index contributed by atoms with van der Waals surface area (Å²) in [5, 5.41) is 2.76. The van der Waals surface area contributed by atoms with Crippen LogP contribution < -0.4 is 10.9 Å². The zero-order valence-corrected chi connectivity index (χ0v) is 11.5. The lowest BCUT2D eigenvalue weighted by atomic mass is 10.2. The topological polar surface area (TPSA) is 65.2 Å². The Labute approximate surface area is 117 Å². The lowest BCUT2D eigenvalue weighted by Crippen LogP contribution is -2.15. The van der Waals surface area contributed by atoms with E-state index in [2.05, 4.69) is 15.2 Å². The van der Waals surface area contributed by atoms with Crippen molar-refractivity contribution in [2.75, 3.05) is 19.4 Å². The first-order chi connectivity index (χ1) is 9.54. The van der Waals surface area contributed by atoms with E-state index >= 15 is 0 Å². The quantitative estimate of drug-likeness (QED) is 0.889. The van der Waals surface area contributed by atoms with Gasteiger partial charge in [0.05, 0.1) is 0 Å². The van der Waals surface area contributed by atoms with Crippen LogP contribution >= 0.6 is 0 Å². The van der Waals surface area contributed by atoms with E-state index < -0.39 is 0 Å². The van der Waals surface area contributed by atoms with Gasteiger partial charge in [0.25, 0.3) is 5.91 Å². The highest BCUT2D eigenvalue weighted by atomic mass is 16.2.